The Morgan fingerprint density at radius 3 is 2.52 bits per heavy atom. The van der Waals surface area contributed by atoms with Crippen LogP contribution in [0.4, 0.5) is 0 Å². The monoisotopic (exact) mass is 315 g/mol. The maximum Gasteiger partial charge on any atom is 0.241 e. The topological polar surface area (TPSA) is 61.4 Å². The van der Waals surface area contributed by atoms with Crippen LogP contribution in [0, 0.1) is 5.41 Å². The van der Waals surface area contributed by atoms with Crippen LogP contribution < -0.4 is 10.6 Å². The quantitative estimate of drug-likeness (QED) is 0.869. The highest BCUT2D eigenvalue weighted by Gasteiger charge is 2.37. The Morgan fingerprint density at radius 2 is 1.87 bits per heavy atom. The van der Waals surface area contributed by atoms with Crippen molar-refractivity contribution in [3.05, 3.63) is 35.9 Å². The fraction of sp³-hybridized carbons (Fsp3) is 0.556. The molecule has 5 heteroatoms. The summed E-state index contributed by atoms with van der Waals surface area (Å²) in [4.78, 5) is 26.1. The van der Waals surface area contributed by atoms with E-state index in [0.29, 0.717) is 11.8 Å². The maximum absolute atomic E-state index is 12.3. The van der Waals surface area contributed by atoms with E-state index >= 15 is 0 Å². The number of hydrogen-bond donors (Lipinski definition) is 2. The second kappa shape index (κ2) is 7.13. The van der Waals surface area contributed by atoms with E-state index in [1.54, 1.807) is 0 Å². The average molecular weight is 315 g/mol. The summed E-state index contributed by atoms with van der Waals surface area (Å²) < 4.78 is 0. The van der Waals surface area contributed by atoms with E-state index in [1.165, 1.54) is 6.42 Å². The van der Waals surface area contributed by atoms with Gasteiger partial charge in [-0.3, -0.25) is 9.59 Å². The lowest BCUT2D eigenvalue weighted by Gasteiger charge is -2.38. The molecule has 0 aromatic heterocycles. The van der Waals surface area contributed by atoms with E-state index < -0.39 is 0 Å². The molecule has 2 amide bonds. The Kier molecular flexibility index (Phi) is 4.96. The normalized spacial score (nSPS) is 19.7. The van der Waals surface area contributed by atoms with Crippen molar-refractivity contribution < 1.29 is 9.59 Å². The van der Waals surface area contributed by atoms with E-state index in [2.05, 4.69) is 10.6 Å². The number of nitrogens with one attached hydrogen (secondary N) is 2. The molecule has 2 aliphatic rings. The number of hydrogen-bond acceptors (Lipinski definition) is 3. The smallest absolute Gasteiger partial charge is 0.241 e. The maximum atomic E-state index is 12.3. The Morgan fingerprint density at radius 1 is 1.13 bits per heavy atom. The van der Waals surface area contributed by atoms with Crippen molar-refractivity contribution >= 4 is 11.8 Å². The van der Waals surface area contributed by atoms with Gasteiger partial charge in [-0.15, -0.1) is 0 Å². The molecule has 0 bridgehead atoms. The number of carbonyl (C=O) groups is 2. The highest BCUT2D eigenvalue weighted by molar-refractivity contribution is 5.85. The molecule has 0 aliphatic carbocycles. The number of likely N-dealkylation sites (tertiary alicyclic amines) is 1. The number of rotatable bonds is 4. The molecule has 2 saturated heterocycles. The van der Waals surface area contributed by atoms with Gasteiger partial charge in [0.15, 0.2) is 0 Å². The number of nitrogens with zero attached hydrogens (tertiary/aromatic N) is 1. The van der Waals surface area contributed by atoms with Crippen LogP contribution in [-0.4, -0.2) is 49.4 Å². The van der Waals surface area contributed by atoms with Gasteiger partial charge in [-0.2, -0.15) is 0 Å². The lowest BCUT2D eigenvalue weighted by Crippen LogP contribution is -2.47. The standard InChI is InChI=1S/C18H25N3O2/c22-16(12-15-4-2-1-3-5-15)20-13-17(23)21-10-7-18(8-11-21)6-9-19-14-18/h1-5,19H,6-14H2,(H,20,22). The fourth-order valence-corrected chi connectivity index (χ4v) is 3.58. The third-order valence-electron chi connectivity index (χ3n) is 5.15. The average Bonchev–Trinajstić information content (AvgIpc) is 3.02. The molecular weight excluding hydrogens is 290 g/mol. The predicted octanol–water partition coefficient (Wildman–Crippen LogP) is 0.947. The number of amides is 2. The molecule has 1 aromatic rings. The Hall–Kier alpha value is -1.88. The van der Waals surface area contributed by atoms with Crippen LogP contribution in [0.5, 0.6) is 0 Å². The van der Waals surface area contributed by atoms with E-state index in [1.807, 2.05) is 35.2 Å². The van der Waals surface area contributed by atoms with Gasteiger partial charge in [-0.25, -0.2) is 0 Å². The molecule has 0 saturated carbocycles. The minimum absolute atomic E-state index is 0.0345. The summed E-state index contributed by atoms with van der Waals surface area (Å²) in [6.07, 6.45) is 3.69. The molecule has 124 valence electrons. The van der Waals surface area contributed by atoms with Crippen LogP contribution in [0.25, 0.3) is 0 Å². The molecule has 2 N–H and O–H groups in total. The van der Waals surface area contributed by atoms with Gasteiger partial charge in [-0.1, -0.05) is 30.3 Å². The van der Waals surface area contributed by atoms with E-state index in [-0.39, 0.29) is 18.4 Å². The summed E-state index contributed by atoms with van der Waals surface area (Å²) in [6, 6.07) is 9.58. The largest absolute Gasteiger partial charge is 0.347 e. The van der Waals surface area contributed by atoms with Crippen molar-refractivity contribution in [3.63, 3.8) is 0 Å². The summed E-state index contributed by atoms with van der Waals surface area (Å²) in [7, 11) is 0. The van der Waals surface area contributed by atoms with Crippen LogP contribution in [0.2, 0.25) is 0 Å². The molecule has 23 heavy (non-hydrogen) atoms. The summed E-state index contributed by atoms with van der Waals surface area (Å²) in [5.74, 6) is -0.0646. The van der Waals surface area contributed by atoms with Gasteiger partial charge >= 0.3 is 0 Å². The first-order chi connectivity index (χ1) is 11.2. The van der Waals surface area contributed by atoms with Gasteiger partial charge in [-0.05, 0) is 36.8 Å². The zero-order valence-electron chi connectivity index (χ0n) is 13.5. The van der Waals surface area contributed by atoms with E-state index in [4.69, 9.17) is 0 Å². The first-order valence-electron chi connectivity index (χ1n) is 8.46. The van der Waals surface area contributed by atoms with Gasteiger partial charge in [0.1, 0.15) is 0 Å². The van der Waals surface area contributed by atoms with Crippen LogP contribution in [-0.2, 0) is 16.0 Å². The van der Waals surface area contributed by atoms with Crippen molar-refractivity contribution in [3.8, 4) is 0 Å². The number of piperidine rings is 1. The summed E-state index contributed by atoms with van der Waals surface area (Å²) in [5, 5.41) is 6.18. The minimum atomic E-state index is -0.0991. The summed E-state index contributed by atoms with van der Waals surface area (Å²) in [5.41, 5.74) is 1.37. The third kappa shape index (κ3) is 4.10. The van der Waals surface area contributed by atoms with Crippen molar-refractivity contribution in [2.75, 3.05) is 32.7 Å². The Bertz CT molecular complexity index is 543. The minimum Gasteiger partial charge on any atom is -0.347 e. The van der Waals surface area contributed by atoms with E-state index in [0.717, 1.165) is 44.6 Å². The van der Waals surface area contributed by atoms with Crippen molar-refractivity contribution in [2.45, 2.75) is 25.7 Å². The van der Waals surface area contributed by atoms with Crippen LogP contribution in [0.15, 0.2) is 30.3 Å². The van der Waals surface area contributed by atoms with Crippen LogP contribution in [0.1, 0.15) is 24.8 Å². The van der Waals surface area contributed by atoms with Crippen molar-refractivity contribution in [2.24, 2.45) is 5.41 Å². The molecule has 2 aliphatic heterocycles. The summed E-state index contributed by atoms with van der Waals surface area (Å²) in [6.45, 7) is 3.92. The predicted molar refractivity (Wildman–Crippen MR) is 88.9 cm³/mol. The second-order valence-electron chi connectivity index (χ2n) is 6.75. The van der Waals surface area contributed by atoms with Gasteiger partial charge in [0, 0.05) is 19.6 Å². The molecule has 3 rings (SSSR count). The first-order valence-corrected chi connectivity index (χ1v) is 8.46. The molecule has 5 nitrogen and oxygen atoms in total. The molecule has 0 atom stereocenters. The Labute approximate surface area is 137 Å². The van der Waals surface area contributed by atoms with Crippen molar-refractivity contribution in [1.29, 1.82) is 0 Å². The van der Waals surface area contributed by atoms with Gasteiger partial charge in [0.05, 0.1) is 13.0 Å². The molecule has 0 radical (unpaired) electrons. The second-order valence-corrected chi connectivity index (χ2v) is 6.75. The van der Waals surface area contributed by atoms with Gasteiger partial charge in [0.25, 0.3) is 0 Å². The fourth-order valence-electron chi connectivity index (χ4n) is 3.58. The zero-order chi connectivity index (χ0) is 16.1. The lowest BCUT2D eigenvalue weighted by atomic mass is 9.78. The SMILES string of the molecule is O=C(Cc1ccccc1)NCC(=O)N1CCC2(CCNC2)CC1. The summed E-state index contributed by atoms with van der Waals surface area (Å²) >= 11 is 0. The molecule has 1 aromatic carbocycles. The third-order valence-corrected chi connectivity index (χ3v) is 5.15. The van der Waals surface area contributed by atoms with E-state index in [9.17, 15) is 9.59 Å². The van der Waals surface area contributed by atoms with Gasteiger partial charge < -0.3 is 15.5 Å². The highest BCUT2D eigenvalue weighted by atomic mass is 16.2. The van der Waals surface area contributed by atoms with Crippen LogP contribution in [0.3, 0.4) is 0 Å². The lowest BCUT2D eigenvalue weighted by molar-refractivity contribution is -0.134. The molecule has 2 heterocycles. The molecule has 1 spiro atoms. The molecule has 2 fully saturated rings. The molecule has 0 unspecified atom stereocenters. The highest BCUT2D eigenvalue weighted by Crippen LogP contribution is 2.36. The Balaban J connectivity index is 1.40. The van der Waals surface area contributed by atoms with Crippen LogP contribution >= 0.6 is 0 Å². The number of carbonyl (C=O) groups excluding carboxylic acids is 2. The van der Waals surface area contributed by atoms with Crippen molar-refractivity contribution in [1.82, 2.24) is 15.5 Å². The number of benzene rings is 1. The zero-order valence-corrected chi connectivity index (χ0v) is 13.5. The van der Waals surface area contributed by atoms with Gasteiger partial charge in [0.2, 0.25) is 11.8 Å². The molecular formula is C18H25N3O2. The first kappa shape index (κ1) is 16.0.